The van der Waals surface area contributed by atoms with Crippen molar-refractivity contribution in [3.63, 3.8) is 0 Å². The molecule has 3 aromatic rings. The molecule has 3 nitrogen and oxygen atoms in total. The molecule has 2 N–H and O–H groups in total. The lowest BCUT2D eigenvalue weighted by Crippen LogP contribution is -2.35. The third-order valence-electron chi connectivity index (χ3n) is 3.56. The van der Waals surface area contributed by atoms with E-state index in [-0.39, 0.29) is 5.82 Å². The maximum absolute atomic E-state index is 13.0. The molecule has 0 saturated carbocycles. The van der Waals surface area contributed by atoms with Gasteiger partial charge in [-0.1, -0.05) is 12.1 Å². The van der Waals surface area contributed by atoms with Crippen LogP contribution in [0.5, 0.6) is 0 Å². The van der Waals surface area contributed by atoms with Crippen LogP contribution in [0.25, 0.3) is 10.6 Å². The van der Waals surface area contributed by atoms with E-state index in [0.717, 1.165) is 16.3 Å². The van der Waals surface area contributed by atoms with E-state index in [4.69, 9.17) is 0 Å². The molecule has 0 radical (unpaired) electrons. The van der Waals surface area contributed by atoms with Gasteiger partial charge in [-0.3, -0.25) is 0 Å². The van der Waals surface area contributed by atoms with Crippen molar-refractivity contribution in [1.29, 1.82) is 0 Å². The highest BCUT2D eigenvalue weighted by Gasteiger charge is 2.22. The summed E-state index contributed by atoms with van der Waals surface area (Å²) in [7, 11) is 0. The summed E-state index contributed by atoms with van der Waals surface area (Å²) < 4.78 is 13.0. The Morgan fingerprint density at radius 1 is 1.22 bits per heavy atom. The highest BCUT2D eigenvalue weighted by Crippen LogP contribution is 2.26. The molecule has 120 valence electrons. The number of nitrogens with zero attached hydrogens (tertiary/aromatic N) is 1. The number of nitrogens with one attached hydrogen (secondary N) is 1. The van der Waals surface area contributed by atoms with Gasteiger partial charge in [0, 0.05) is 29.4 Å². The molecule has 23 heavy (non-hydrogen) atoms. The molecule has 1 unspecified atom stereocenters. The molecule has 1 aromatic carbocycles. The predicted molar refractivity (Wildman–Crippen MR) is 93.1 cm³/mol. The number of halogens is 1. The topological polar surface area (TPSA) is 45.1 Å². The highest BCUT2D eigenvalue weighted by molar-refractivity contribution is 7.14. The Morgan fingerprint density at radius 3 is 2.70 bits per heavy atom. The van der Waals surface area contributed by atoms with Crippen LogP contribution < -0.4 is 5.32 Å². The van der Waals surface area contributed by atoms with Crippen molar-refractivity contribution < 1.29 is 9.50 Å². The summed E-state index contributed by atoms with van der Waals surface area (Å²) in [5, 5.41) is 20.9. The Balaban J connectivity index is 1.57. The number of thiophene rings is 1. The molecular formula is C17H17FN2OS2. The van der Waals surface area contributed by atoms with Crippen molar-refractivity contribution in [3.8, 4) is 10.6 Å². The fourth-order valence-corrected chi connectivity index (χ4v) is 3.78. The fourth-order valence-electron chi connectivity index (χ4n) is 2.25. The van der Waals surface area contributed by atoms with Gasteiger partial charge in [0.1, 0.15) is 10.8 Å². The third-order valence-corrected chi connectivity index (χ3v) is 5.18. The van der Waals surface area contributed by atoms with Crippen molar-refractivity contribution in [3.05, 3.63) is 63.5 Å². The maximum Gasteiger partial charge on any atom is 0.124 e. The summed E-state index contributed by atoms with van der Waals surface area (Å²) in [6.07, 6.45) is 0. The largest absolute Gasteiger partial charge is 0.384 e. The van der Waals surface area contributed by atoms with E-state index in [9.17, 15) is 9.50 Å². The first-order valence-electron chi connectivity index (χ1n) is 7.21. The average molecular weight is 348 g/mol. The van der Waals surface area contributed by atoms with Crippen LogP contribution in [0.2, 0.25) is 0 Å². The number of rotatable bonds is 6. The van der Waals surface area contributed by atoms with Crippen LogP contribution in [-0.2, 0) is 12.1 Å². The molecule has 0 bridgehead atoms. The molecule has 2 aromatic heterocycles. The Hall–Kier alpha value is -1.60. The van der Waals surface area contributed by atoms with Gasteiger partial charge < -0.3 is 10.4 Å². The number of hydrogen-bond donors (Lipinski definition) is 2. The monoisotopic (exact) mass is 348 g/mol. The molecule has 0 fully saturated rings. The molecular weight excluding hydrogens is 331 g/mol. The van der Waals surface area contributed by atoms with Crippen LogP contribution in [0, 0.1) is 5.82 Å². The van der Waals surface area contributed by atoms with Crippen molar-refractivity contribution in [2.24, 2.45) is 0 Å². The number of benzene rings is 1. The van der Waals surface area contributed by atoms with Crippen LogP contribution in [0.15, 0.2) is 46.5 Å². The lowest BCUT2D eigenvalue weighted by molar-refractivity contribution is 0.0565. The Morgan fingerprint density at radius 2 is 2.00 bits per heavy atom. The van der Waals surface area contributed by atoms with Gasteiger partial charge in [-0.05, 0) is 36.1 Å². The summed E-state index contributed by atoms with van der Waals surface area (Å²) in [6, 6.07) is 7.98. The molecule has 0 spiro atoms. The molecule has 0 aliphatic rings. The minimum absolute atomic E-state index is 0.305. The quantitative estimate of drug-likeness (QED) is 0.707. The first-order chi connectivity index (χ1) is 11.0. The van der Waals surface area contributed by atoms with E-state index in [2.05, 4.69) is 21.7 Å². The van der Waals surface area contributed by atoms with Crippen molar-refractivity contribution in [1.82, 2.24) is 10.3 Å². The van der Waals surface area contributed by atoms with Gasteiger partial charge >= 0.3 is 0 Å². The summed E-state index contributed by atoms with van der Waals surface area (Å²) in [5.74, 6) is -0.305. The van der Waals surface area contributed by atoms with Crippen LogP contribution >= 0.6 is 22.7 Å². The Labute approximate surface area is 142 Å². The SMILES string of the molecule is CC(O)(CNCc1csc(-c2ccsc2)n1)c1ccc(F)cc1. The van der Waals surface area contributed by atoms with E-state index in [1.165, 1.54) is 12.1 Å². The number of aliphatic hydroxyl groups is 1. The van der Waals surface area contributed by atoms with Crippen molar-refractivity contribution >= 4 is 22.7 Å². The standard InChI is InChI=1S/C17H17FN2OS2/c1-17(21,13-2-4-14(18)5-3-13)11-19-8-15-10-23-16(20-15)12-6-7-22-9-12/h2-7,9-10,19,21H,8,11H2,1H3. The second-order valence-electron chi connectivity index (χ2n) is 5.54. The van der Waals surface area contributed by atoms with Crippen LogP contribution in [0.1, 0.15) is 18.2 Å². The lowest BCUT2D eigenvalue weighted by atomic mass is 9.96. The predicted octanol–water partition coefficient (Wildman–Crippen LogP) is 4.01. The molecule has 2 heterocycles. The highest BCUT2D eigenvalue weighted by atomic mass is 32.1. The molecule has 0 aliphatic heterocycles. The lowest BCUT2D eigenvalue weighted by Gasteiger charge is -2.24. The third kappa shape index (κ3) is 4.03. The van der Waals surface area contributed by atoms with Gasteiger partial charge in [-0.2, -0.15) is 11.3 Å². The fraction of sp³-hybridized carbons (Fsp3) is 0.235. The van der Waals surface area contributed by atoms with E-state index in [0.29, 0.717) is 18.7 Å². The first kappa shape index (κ1) is 16.3. The van der Waals surface area contributed by atoms with E-state index in [1.807, 2.05) is 10.8 Å². The van der Waals surface area contributed by atoms with Crippen LogP contribution in [0.3, 0.4) is 0 Å². The molecule has 0 aliphatic carbocycles. The molecule has 1 atom stereocenters. The van der Waals surface area contributed by atoms with E-state index >= 15 is 0 Å². The second kappa shape index (κ2) is 6.88. The summed E-state index contributed by atoms with van der Waals surface area (Å²) in [4.78, 5) is 4.59. The minimum atomic E-state index is -1.06. The van der Waals surface area contributed by atoms with E-state index < -0.39 is 5.60 Å². The summed E-state index contributed by atoms with van der Waals surface area (Å²) in [6.45, 7) is 2.66. The van der Waals surface area contributed by atoms with Gasteiger partial charge in [0.25, 0.3) is 0 Å². The minimum Gasteiger partial charge on any atom is -0.384 e. The smallest absolute Gasteiger partial charge is 0.124 e. The zero-order valence-corrected chi connectivity index (χ0v) is 14.3. The van der Waals surface area contributed by atoms with Crippen molar-refractivity contribution in [2.45, 2.75) is 19.1 Å². The van der Waals surface area contributed by atoms with Gasteiger partial charge in [-0.15, -0.1) is 11.3 Å². The number of thiazole rings is 1. The van der Waals surface area contributed by atoms with Gasteiger partial charge in [0.05, 0.1) is 11.3 Å². The first-order valence-corrected chi connectivity index (χ1v) is 9.03. The second-order valence-corrected chi connectivity index (χ2v) is 7.18. The zero-order chi connectivity index (χ0) is 16.3. The summed E-state index contributed by atoms with van der Waals surface area (Å²) >= 11 is 3.27. The van der Waals surface area contributed by atoms with Crippen LogP contribution in [-0.4, -0.2) is 16.6 Å². The Kier molecular flexibility index (Phi) is 4.87. The zero-order valence-electron chi connectivity index (χ0n) is 12.6. The van der Waals surface area contributed by atoms with E-state index in [1.54, 1.807) is 41.7 Å². The van der Waals surface area contributed by atoms with Crippen LogP contribution in [0.4, 0.5) is 4.39 Å². The molecule has 0 amide bonds. The summed E-state index contributed by atoms with van der Waals surface area (Å²) in [5.41, 5.74) is 1.72. The Bertz CT molecular complexity index is 751. The average Bonchev–Trinajstić information content (AvgIpc) is 3.18. The van der Waals surface area contributed by atoms with Gasteiger partial charge in [0.15, 0.2) is 0 Å². The van der Waals surface area contributed by atoms with Gasteiger partial charge in [-0.25, -0.2) is 9.37 Å². The number of hydrogen-bond acceptors (Lipinski definition) is 5. The molecule has 3 rings (SSSR count). The van der Waals surface area contributed by atoms with Gasteiger partial charge in [0.2, 0.25) is 0 Å². The van der Waals surface area contributed by atoms with Crippen molar-refractivity contribution in [2.75, 3.05) is 6.54 Å². The normalized spacial score (nSPS) is 13.9. The maximum atomic E-state index is 13.0. The molecule has 0 saturated heterocycles. The molecule has 6 heteroatoms. The number of aromatic nitrogens is 1.